The first-order valence-corrected chi connectivity index (χ1v) is 7.66. The molecule has 20 heavy (non-hydrogen) atoms. The SMILES string of the molecule is CC(C)Oc1cc(N)cc(NC2CN3CCC2CC3)c1. The molecular formula is C16H25N3O. The maximum Gasteiger partial charge on any atom is 0.123 e. The van der Waals surface area contributed by atoms with Crippen LogP contribution in [0.25, 0.3) is 0 Å². The van der Waals surface area contributed by atoms with E-state index in [2.05, 4.69) is 16.3 Å². The van der Waals surface area contributed by atoms with Crippen LogP contribution in [0.1, 0.15) is 26.7 Å². The van der Waals surface area contributed by atoms with Crippen molar-refractivity contribution < 1.29 is 4.74 Å². The number of nitrogens with two attached hydrogens (primary N) is 1. The Morgan fingerprint density at radius 1 is 1.25 bits per heavy atom. The van der Waals surface area contributed by atoms with Crippen LogP contribution in [-0.2, 0) is 0 Å². The van der Waals surface area contributed by atoms with Crippen molar-refractivity contribution in [3.05, 3.63) is 18.2 Å². The maximum absolute atomic E-state index is 5.99. The summed E-state index contributed by atoms with van der Waals surface area (Å²) >= 11 is 0. The number of fused-ring (bicyclic) bond motifs is 3. The summed E-state index contributed by atoms with van der Waals surface area (Å²) < 4.78 is 5.76. The maximum atomic E-state index is 5.99. The van der Waals surface area contributed by atoms with Crippen LogP contribution < -0.4 is 15.8 Å². The average molecular weight is 275 g/mol. The van der Waals surface area contributed by atoms with Crippen LogP contribution in [0, 0.1) is 5.92 Å². The van der Waals surface area contributed by atoms with Crippen molar-refractivity contribution in [2.45, 2.75) is 38.8 Å². The Kier molecular flexibility index (Phi) is 3.74. The van der Waals surface area contributed by atoms with E-state index in [1.165, 1.54) is 25.9 Å². The summed E-state index contributed by atoms with van der Waals surface area (Å²) in [6, 6.07) is 6.51. The molecule has 1 unspecified atom stereocenters. The summed E-state index contributed by atoms with van der Waals surface area (Å²) in [5, 5.41) is 3.67. The van der Waals surface area contributed by atoms with Crippen LogP contribution in [0.15, 0.2) is 18.2 Å². The molecule has 3 N–H and O–H groups in total. The third-order valence-electron chi connectivity index (χ3n) is 4.31. The van der Waals surface area contributed by atoms with Crippen LogP contribution >= 0.6 is 0 Å². The molecule has 0 radical (unpaired) electrons. The molecule has 4 heteroatoms. The highest BCUT2D eigenvalue weighted by Crippen LogP contribution is 2.31. The fourth-order valence-electron chi connectivity index (χ4n) is 3.39. The van der Waals surface area contributed by atoms with E-state index in [4.69, 9.17) is 10.5 Å². The molecule has 0 aliphatic carbocycles. The minimum Gasteiger partial charge on any atom is -0.491 e. The van der Waals surface area contributed by atoms with Gasteiger partial charge in [-0.3, -0.25) is 0 Å². The Balaban J connectivity index is 1.72. The first-order chi connectivity index (χ1) is 9.60. The highest BCUT2D eigenvalue weighted by Gasteiger charge is 2.33. The monoisotopic (exact) mass is 275 g/mol. The van der Waals surface area contributed by atoms with E-state index >= 15 is 0 Å². The number of nitrogens with one attached hydrogen (secondary N) is 1. The molecule has 3 saturated heterocycles. The second-order valence-corrected chi connectivity index (χ2v) is 6.35. The molecule has 4 rings (SSSR count). The molecular weight excluding hydrogens is 250 g/mol. The lowest BCUT2D eigenvalue weighted by Gasteiger charge is -2.45. The summed E-state index contributed by atoms with van der Waals surface area (Å²) in [6.45, 7) is 7.75. The summed E-state index contributed by atoms with van der Waals surface area (Å²) in [5.74, 6) is 1.65. The number of ether oxygens (including phenoxy) is 1. The fourth-order valence-corrected chi connectivity index (χ4v) is 3.39. The molecule has 0 aromatic heterocycles. The normalized spacial score (nSPS) is 28.6. The van der Waals surface area contributed by atoms with Crippen molar-refractivity contribution >= 4 is 11.4 Å². The van der Waals surface area contributed by atoms with E-state index in [9.17, 15) is 0 Å². The second kappa shape index (κ2) is 5.52. The molecule has 3 aliphatic heterocycles. The highest BCUT2D eigenvalue weighted by molar-refractivity contribution is 5.59. The van der Waals surface area contributed by atoms with Gasteiger partial charge in [0.2, 0.25) is 0 Å². The van der Waals surface area contributed by atoms with Gasteiger partial charge in [-0.05, 0) is 51.8 Å². The molecule has 0 spiro atoms. The van der Waals surface area contributed by atoms with Gasteiger partial charge in [-0.25, -0.2) is 0 Å². The molecule has 1 aromatic rings. The van der Waals surface area contributed by atoms with Crippen molar-refractivity contribution in [1.29, 1.82) is 0 Å². The Labute approximate surface area is 121 Å². The van der Waals surface area contributed by atoms with Crippen molar-refractivity contribution in [3.8, 4) is 5.75 Å². The smallest absolute Gasteiger partial charge is 0.123 e. The minimum atomic E-state index is 0.168. The van der Waals surface area contributed by atoms with Gasteiger partial charge in [0.05, 0.1) is 6.10 Å². The molecule has 0 saturated carbocycles. The number of anilines is 2. The van der Waals surface area contributed by atoms with E-state index in [0.29, 0.717) is 6.04 Å². The van der Waals surface area contributed by atoms with E-state index < -0.39 is 0 Å². The van der Waals surface area contributed by atoms with Gasteiger partial charge in [-0.1, -0.05) is 0 Å². The number of hydrogen-bond donors (Lipinski definition) is 2. The number of nitrogen functional groups attached to an aromatic ring is 1. The Morgan fingerprint density at radius 2 is 2.00 bits per heavy atom. The number of piperidine rings is 3. The van der Waals surface area contributed by atoms with Crippen LogP contribution in [0.3, 0.4) is 0 Å². The van der Waals surface area contributed by atoms with Crippen molar-refractivity contribution in [2.24, 2.45) is 5.92 Å². The highest BCUT2D eigenvalue weighted by atomic mass is 16.5. The predicted octanol–water partition coefficient (Wildman–Crippen LogP) is 2.56. The standard InChI is InChI=1S/C16H25N3O/c1-11(2)20-15-8-13(17)7-14(9-15)18-16-10-19-5-3-12(16)4-6-19/h7-9,11-12,16,18H,3-6,10,17H2,1-2H3. The molecule has 110 valence electrons. The zero-order valence-electron chi connectivity index (χ0n) is 12.4. The summed E-state index contributed by atoms with van der Waals surface area (Å²) in [5.41, 5.74) is 7.82. The molecule has 1 atom stereocenters. The summed E-state index contributed by atoms with van der Waals surface area (Å²) in [6.07, 6.45) is 2.80. The lowest BCUT2D eigenvalue weighted by Crippen LogP contribution is -2.53. The van der Waals surface area contributed by atoms with Gasteiger partial charge >= 0.3 is 0 Å². The zero-order valence-corrected chi connectivity index (χ0v) is 12.4. The molecule has 4 nitrogen and oxygen atoms in total. The van der Waals surface area contributed by atoms with Gasteiger partial charge in [0.25, 0.3) is 0 Å². The lowest BCUT2D eigenvalue weighted by atomic mass is 9.84. The lowest BCUT2D eigenvalue weighted by molar-refractivity contribution is 0.0975. The molecule has 2 bridgehead atoms. The van der Waals surface area contributed by atoms with Crippen LogP contribution in [-0.4, -0.2) is 36.7 Å². The minimum absolute atomic E-state index is 0.168. The van der Waals surface area contributed by atoms with E-state index in [0.717, 1.165) is 29.6 Å². The van der Waals surface area contributed by atoms with Crippen molar-refractivity contribution in [1.82, 2.24) is 4.90 Å². The third kappa shape index (κ3) is 3.01. The van der Waals surface area contributed by atoms with Gasteiger partial charge < -0.3 is 20.7 Å². The van der Waals surface area contributed by atoms with Gasteiger partial charge in [0, 0.05) is 36.1 Å². The second-order valence-electron chi connectivity index (χ2n) is 6.35. The van der Waals surface area contributed by atoms with Gasteiger partial charge in [0.1, 0.15) is 5.75 Å². The number of benzene rings is 1. The van der Waals surface area contributed by atoms with E-state index in [-0.39, 0.29) is 6.10 Å². The Hall–Kier alpha value is -1.42. The number of hydrogen-bond acceptors (Lipinski definition) is 4. The first-order valence-electron chi connectivity index (χ1n) is 7.66. The van der Waals surface area contributed by atoms with Crippen LogP contribution in [0.4, 0.5) is 11.4 Å². The quantitative estimate of drug-likeness (QED) is 0.829. The van der Waals surface area contributed by atoms with Crippen LogP contribution in [0.5, 0.6) is 5.75 Å². The Morgan fingerprint density at radius 3 is 2.60 bits per heavy atom. The Bertz CT molecular complexity index is 467. The van der Waals surface area contributed by atoms with Gasteiger partial charge in [-0.2, -0.15) is 0 Å². The first kappa shape index (κ1) is 13.6. The van der Waals surface area contributed by atoms with E-state index in [1.807, 2.05) is 26.0 Å². The van der Waals surface area contributed by atoms with Gasteiger partial charge in [-0.15, -0.1) is 0 Å². The van der Waals surface area contributed by atoms with Crippen LogP contribution in [0.2, 0.25) is 0 Å². The fraction of sp³-hybridized carbons (Fsp3) is 0.625. The predicted molar refractivity (Wildman–Crippen MR) is 83.2 cm³/mol. The average Bonchev–Trinajstić information content (AvgIpc) is 2.38. The number of nitrogens with zero attached hydrogens (tertiary/aromatic N) is 1. The van der Waals surface area contributed by atoms with E-state index in [1.54, 1.807) is 0 Å². The van der Waals surface area contributed by atoms with Crippen molar-refractivity contribution in [2.75, 3.05) is 30.7 Å². The summed E-state index contributed by atoms with van der Waals surface area (Å²) in [4.78, 5) is 2.55. The molecule has 3 aliphatic rings. The molecule has 3 fully saturated rings. The third-order valence-corrected chi connectivity index (χ3v) is 4.31. The zero-order chi connectivity index (χ0) is 14.1. The molecule has 0 amide bonds. The topological polar surface area (TPSA) is 50.5 Å². The number of rotatable bonds is 4. The summed E-state index contributed by atoms with van der Waals surface area (Å²) in [7, 11) is 0. The van der Waals surface area contributed by atoms with Gasteiger partial charge in [0.15, 0.2) is 0 Å². The molecule has 3 heterocycles. The molecule has 1 aromatic carbocycles. The van der Waals surface area contributed by atoms with Crippen molar-refractivity contribution in [3.63, 3.8) is 0 Å². The largest absolute Gasteiger partial charge is 0.491 e.